The van der Waals surface area contributed by atoms with Crippen LogP contribution < -0.4 is 5.32 Å². The summed E-state index contributed by atoms with van der Waals surface area (Å²) in [7, 11) is 0. The van der Waals surface area contributed by atoms with E-state index in [1.54, 1.807) is 31.7 Å². The van der Waals surface area contributed by atoms with Crippen molar-refractivity contribution < 1.29 is 33.8 Å². The molecular formula is C26H34N2O7. The molecule has 1 aromatic rings. The van der Waals surface area contributed by atoms with Gasteiger partial charge in [-0.3, -0.25) is 9.59 Å². The number of carboxylic acids is 1. The van der Waals surface area contributed by atoms with Crippen LogP contribution in [-0.2, 0) is 30.5 Å². The van der Waals surface area contributed by atoms with Crippen LogP contribution in [0.15, 0.2) is 42.5 Å². The summed E-state index contributed by atoms with van der Waals surface area (Å²) in [5, 5.41) is 11.8. The van der Waals surface area contributed by atoms with E-state index in [1.807, 2.05) is 30.3 Å². The summed E-state index contributed by atoms with van der Waals surface area (Å²) < 4.78 is 10.8. The number of likely N-dealkylation sites (tertiary alicyclic amines) is 1. The molecule has 2 aliphatic rings. The van der Waals surface area contributed by atoms with Crippen molar-refractivity contribution in [3.63, 3.8) is 0 Å². The zero-order valence-electron chi connectivity index (χ0n) is 20.4. The second-order valence-electron chi connectivity index (χ2n) is 10.1. The number of amides is 2. The van der Waals surface area contributed by atoms with Crippen LogP contribution in [0, 0.1) is 11.8 Å². The van der Waals surface area contributed by atoms with Crippen molar-refractivity contribution in [2.75, 3.05) is 6.54 Å². The van der Waals surface area contributed by atoms with Crippen LogP contribution in [0.5, 0.6) is 0 Å². The first kappa shape index (κ1) is 26.2. The molecule has 190 valence electrons. The maximum Gasteiger partial charge on any atom is 0.408 e. The van der Waals surface area contributed by atoms with Crippen LogP contribution in [0.2, 0.25) is 0 Å². The van der Waals surface area contributed by atoms with Gasteiger partial charge in [0.05, 0.1) is 5.92 Å². The molecule has 2 N–H and O–H groups in total. The molecule has 9 nitrogen and oxygen atoms in total. The summed E-state index contributed by atoms with van der Waals surface area (Å²) in [6.45, 7) is 5.95. The van der Waals surface area contributed by atoms with Gasteiger partial charge in [0, 0.05) is 18.7 Å². The third-order valence-electron chi connectivity index (χ3n) is 6.23. The Bertz CT molecular complexity index is 954. The molecule has 1 aliphatic heterocycles. The fraction of sp³-hybridized carbons (Fsp3) is 0.538. The zero-order chi connectivity index (χ0) is 25.6. The van der Waals surface area contributed by atoms with Crippen LogP contribution >= 0.6 is 0 Å². The van der Waals surface area contributed by atoms with Crippen molar-refractivity contribution in [1.82, 2.24) is 10.2 Å². The van der Waals surface area contributed by atoms with E-state index in [-0.39, 0.29) is 36.4 Å². The lowest BCUT2D eigenvalue weighted by Gasteiger charge is -2.39. The predicted octanol–water partition coefficient (Wildman–Crippen LogP) is 3.28. The van der Waals surface area contributed by atoms with Crippen molar-refractivity contribution in [2.24, 2.45) is 11.8 Å². The molecule has 9 heteroatoms. The number of carbonyl (C=O) groups excluding carboxylic acids is 3. The van der Waals surface area contributed by atoms with Gasteiger partial charge in [0.25, 0.3) is 0 Å². The smallest absolute Gasteiger partial charge is 0.408 e. The Hall–Kier alpha value is -3.36. The third kappa shape index (κ3) is 7.56. The highest BCUT2D eigenvalue weighted by molar-refractivity contribution is 5.88. The minimum absolute atomic E-state index is 0.105. The SMILES string of the molecule is CC(C)(C)OC(=O)C1CC[C@H](N2CC[C@H](NC(=O)OCc3ccccc3)C2=O)C(/C=C/C(=O)O)C1. The quantitative estimate of drug-likeness (QED) is 0.448. The minimum Gasteiger partial charge on any atom is -0.478 e. The number of ether oxygens (including phenoxy) is 2. The van der Waals surface area contributed by atoms with Gasteiger partial charge in [-0.2, -0.15) is 0 Å². The number of nitrogens with zero attached hydrogens (tertiary/aromatic N) is 1. The van der Waals surface area contributed by atoms with E-state index >= 15 is 0 Å². The van der Waals surface area contributed by atoms with Gasteiger partial charge in [0.15, 0.2) is 0 Å². The molecular weight excluding hydrogens is 452 g/mol. The number of esters is 1. The molecule has 1 saturated carbocycles. The van der Waals surface area contributed by atoms with Crippen LogP contribution in [0.3, 0.4) is 0 Å². The zero-order valence-corrected chi connectivity index (χ0v) is 20.4. The minimum atomic E-state index is -1.09. The molecule has 4 atom stereocenters. The standard InChI is InChI=1S/C26H34N2O7/c1-26(2,3)35-24(32)19-9-11-21(18(15-19)10-12-22(29)30)28-14-13-20(23(28)31)27-25(33)34-16-17-7-5-4-6-8-17/h4-8,10,12,18-21H,9,11,13-16H2,1-3H3,(H,27,33)(H,29,30)/b12-10+/t18?,19?,20-,21-/m0/s1. The molecule has 0 bridgehead atoms. The second kappa shape index (κ2) is 11.4. The molecule has 1 aliphatic carbocycles. The number of hydrogen-bond acceptors (Lipinski definition) is 6. The first-order valence-corrected chi connectivity index (χ1v) is 11.9. The van der Waals surface area contributed by atoms with Crippen molar-refractivity contribution in [3.05, 3.63) is 48.0 Å². The van der Waals surface area contributed by atoms with Gasteiger partial charge in [0.2, 0.25) is 5.91 Å². The average Bonchev–Trinajstić information content (AvgIpc) is 3.15. The highest BCUT2D eigenvalue weighted by Gasteiger charge is 2.43. The summed E-state index contributed by atoms with van der Waals surface area (Å²) in [5.41, 5.74) is 0.232. The molecule has 0 aromatic heterocycles. The normalized spacial score (nSPS) is 24.9. The van der Waals surface area contributed by atoms with E-state index in [4.69, 9.17) is 14.6 Å². The molecule has 1 heterocycles. The number of nitrogens with one attached hydrogen (secondary N) is 1. The largest absolute Gasteiger partial charge is 0.478 e. The summed E-state index contributed by atoms with van der Waals surface area (Å²) in [6, 6.07) is 8.29. The number of rotatable bonds is 7. The molecule has 1 aromatic carbocycles. The van der Waals surface area contributed by atoms with E-state index in [0.29, 0.717) is 32.2 Å². The first-order valence-electron chi connectivity index (χ1n) is 11.9. The monoisotopic (exact) mass is 486 g/mol. The predicted molar refractivity (Wildman–Crippen MR) is 127 cm³/mol. The highest BCUT2D eigenvalue weighted by atomic mass is 16.6. The maximum absolute atomic E-state index is 13.1. The van der Waals surface area contributed by atoms with Crippen LogP contribution in [0.4, 0.5) is 4.79 Å². The number of carboxylic acid groups (broad SMARTS) is 1. The van der Waals surface area contributed by atoms with E-state index < -0.39 is 23.7 Å². The Balaban J connectivity index is 1.61. The summed E-state index contributed by atoms with van der Waals surface area (Å²) in [6.07, 6.45) is 3.86. The fourth-order valence-electron chi connectivity index (χ4n) is 4.66. The van der Waals surface area contributed by atoms with Crippen LogP contribution in [0.1, 0.15) is 52.0 Å². The van der Waals surface area contributed by atoms with Gasteiger partial charge in [-0.05, 0) is 57.9 Å². The summed E-state index contributed by atoms with van der Waals surface area (Å²) >= 11 is 0. The van der Waals surface area contributed by atoms with Crippen molar-refractivity contribution in [2.45, 2.75) is 70.7 Å². The number of aliphatic carboxylic acids is 1. The van der Waals surface area contributed by atoms with Crippen molar-refractivity contribution in [1.29, 1.82) is 0 Å². The molecule has 0 spiro atoms. The van der Waals surface area contributed by atoms with Crippen LogP contribution in [-0.4, -0.2) is 58.2 Å². The van der Waals surface area contributed by atoms with Gasteiger partial charge in [-0.1, -0.05) is 36.4 Å². The number of benzene rings is 1. The Kier molecular flexibility index (Phi) is 8.53. The Morgan fingerprint density at radius 2 is 1.86 bits per heavy atom. The number of alkyl carbamates (subject to hydrolysis) is 1. The lowest BCUT2D eigenvalue weighted by molar-refractivity contribution is -0.162. The third-order valence-corrected chi connectivity index (χ3v) is 6.23. The van der Waals surface area contributed by atoms with E-state index in [9.17, 15) is 19.2 Å². The fourth-order valence-corrected chi connectivity index (χ4v) is 4.66. The Labute approximate surface area is 205 Å². The van der Waals surface area contributed by atoms with E-state index in [0.717, 1.165) is 11.6 Å². The highest BCUT2D eigenvalue weighted by Crippen LogP contribution is 2.36. The molecule has 2 fully saturated rings. The molecule has 3 rings (SSSR count). The Morgan fingerprint density at radius 3 is 2.51 bits per heavy atom. The van der Waals surface area contributed by atoms with Gasteiger partial charge in [0.1, 0.15) is 18.2 Å². The van der Waals surface area contributed by atoms with Gasteiger partial charge >= 0.3 is 18.0 Å². The van der Waals surface area contributed by atoms with E-state index in [2.05, 4.69) is 5.32 Å². The summed E-state index contributed by atoms with van der Waals surface area (Å²) in [5.74, 6) is -2.30. The topological polar surface area (TPSA) is 122 Å². The molecule has 35 heavy (non-hydrogen) atoms. The van der Waals surface area contributed by atoms with Crippen LogP contribution in [0.25, 0.3) is 0 Å². The second-order valence-corrected chi connectivity index (χ2v) is 10.1. The number of hydrogen-bond donors (Lipinski definition) is 2. The average molecular weight is 487 g/mol. The summed E-state index contributed by atoms with van der Waals surface area (Å²) in [4.78, 5) is 50.8. The molecule has 2 amide bonds. The molecule has 1 saturated heterocycles. The van der Waals surface area contributed by atoms with Gasteiger partial charge in [-0.25, -0.2) is 9.59 Å². The lowest BCUT2D eigenvalue weighted by Crippen LogP contribution is -2.49. The van der Waals surface area contributed by atoms with Crippen molar-refractivity contribution >= 4 is 23.9 Å². The van der Waals surface area contributed by atoms with Gasteiger partial charge in [-0.15, -0.1) is 0 Å². The van der Waals surface area contributed by atoms with E-state index in [1.165, 1.54) is 0 Å². The Morgan fingerprint density at radius 1 is 1.14 bits per heavy atom. The maximum atomic E-state index is 13.1. The number of carbonyl (C=O) groups is 4. The van der Waals surface area contributed by atoms with Gasteiger partial charge < -0.3 is 24.8 Å². The molecule has 2 unspecified atom stereocenters. The first-order chi connectivity index (χ1) is 16.5. The van der Waals surface area contributed by atoms with Crippen molar-refractivity contribution in [3.8, 4) is 0 Å². The lowest BCUT2D eigenvalue weighted by atomic mass is 9.77. The molecule has 0 radical (unpaired) electrons.